The molecule has 1 unspecified atom stereocenters. The predicted octanol–water partition coefficient (Wildman–Crippen LogP) is 1.97. The third-order valence-electron chi connectivity index (χ3n) is 2.66. The molecule has 0 aliphatic carbocycles. The van der Waals surface area contributed by atoms with E-state index in [1.807, 2.05) is 0 Å². The van der Waals surface area contributed by atoms with Gasteiger partial charge in [0.15, 0.2) is 0 Å². The van der Waals surface area contributed by atoms with Crippen LogP contribution in [0.3, 0.4) is 0 Å². The molecule has 1 heterocycles. The number of furan rings is 1. The van der Waals surface area contributed by atoms with Crippen LogP contribution in [0.5, 0.6) is 0 Å². The maximum absolute atomic E-state index is 11.9. The van der Waals surface area contributed by atoms with E-state index in [9.17, 15) is 9.59 Å². The first-order valence-electron chi connectivity index (χ1n) is 5.69. The molecule has 0 aliphatic rings. The largest absolute Gasteiger partial charge is 0.469 e. The molecule has 0 bridgehead atoms. The van der Waals surface area contributed by atoms with Crippen LogP contribution in [0, 0.1) is 6.92 Å². The molecule has 5 nitrogen and oxygen atoms in total. The molecule has 0 saturated heterocycles. The van der Waals surface area contributed by atoms with Crippen LogP contribution >= 0.6 is 0 Å². The fourth-order valence-electron chi connectivity index (χ4n) is 1.69. The second-order valence-electron chi connectivity index (χ2n) is 3.99. The number of rotatable bonds is 4. The van der Waals surface area contributed by atoms with E-state index in [0.29, 0.717) is 11.3 Å². The second kappa shape index (κ2) is 5.39. The normalized spacial score (nSPS) is 11.8. The van der Waals surface area contributed by atoms with Crippen molar-refractivity contribution in [3.05, 3.63) is 59.5 Å². The first-order chi connectivity index (χ1) is 9.09. The summed E-state index contributed by atoms with van der Waals surface area (Å²) in [6.07, 6.45) is 0.274. The molecule has 1 aromatic heterocycles. The number of nitrogens with two attached hydrogens (primary N) is 1. The molecule has 5 heteroatoms. The van der Waals surface area contributed by atoms with Crippen LogP contribution in [0.2, 0.25) is 0 Å². The molecule has 0 fully saturated rings. The van der Waals surface area contributed by atoms with Gasteiger partial charge in [-0.1, -0.05) is 30.3 Å². The van der Waals surface area contributed by atoms with Gasteiger partial charge in [-0.15, -0.1) is 0 Å². The minimum Gasteiger partial charge on any atom is -0.469 e. The highest BCUT2D eigenvalue weighted by Gasteiger charge is 2.24. The van der Waals surface area contributed by atoms with Crippen molar-refractivity contribution in [3.63, 3.8) is 0 Å². The molecule has 0 saturated carbocycles. The van der Waals surface area contributed by atoms with Crippen LogP contribution in [0.1, 0.15) is 27.8 Å². The van der Waals surface area contributed by atoms with Crippen LogP contribution in [-0.4, -0.2) is 11.9 Å². The predicted molar refractivity (Wildman–Crippen MR) is 67.2 cm³/mol. The lowest BCUT2D eigenvalue weighted by Crippen LogP contribution is -2.26. The van der Waals surface area contributed by atoms with Gasteiger partial charge in [-0.25, -0.2) is 4.79 Å². The number of carbonyl (C=O) groups excluding carboxylic acids is 2. The van der Waals surface area contributed by atoms with Gasteiger partial charge in [0, 0.05) is 5.56 Å². The Morgan fingerprint density at radius 1 is 1.21 bits per heavy atom. The van der Waals surface area contributed by atoms with Crippen molar-refractivity contribution < 1.29 is 18.7 Å². The fraction of sp³-hybridized carbons (Fsp3) is 0.143. The highest BCUT2D eigenvalue weighted by Crippen LogP contribution is 2.20. The molecule has 1 aromatic carbocycles. The molecule has 2 aromatic rings. The average molecular weight is 259 g/mol. The van der Waals surface area contributed by atoms with Crippen molar-refractivity contribution in [2.75, 3.05) is 0 Å². The van der Waals surface area contributed by atoms with Crippen LogP contribution in [0.15, 0.2) is 47.1 Å². The van der Waals surface area contributed by atoms with Crippen molar-refractivity contribution in [1.29, 1.82) is 0 Å². The molecule has 1 atom stereocenters. The monoisotopic (exact) mass is 259 g/mol. The minimum atomic E-state index is -1.11. The van der Waals surface area contributed by atoms with E-state index in [-0.39, 0.29) is 5.56 Å². The highest BCUT2D eigenvalue weighted by molar-refractivity contribution is 5.93. The Morgan fingerprint density at radius 3 is 2.42 bits per heavy atom. The van der Waals surface area contributed by atoms with E-state index >= 15 is 0 Å². The van der Waals surface area contributed by atoms with Crippen molar-refractivity contribution in [1.82, 2.24) is 0 Å². The zero-order valence-corrected chi connectivity index (χ0v) is 10.3. The summed E-state index contributed by atoms with van der Waals surface area (Å²) in [5.74, 6) is -0.930. The molecule has 0 radical (unpaired) electrons. The van der Waals surface area contributed by atoms with Gasteiger partial charge in [0.05, 0.1) is 6.26 Å². The van der Waals surface area contributed by atoms with E-state index in [1.165, 1.54) is 12.3 Å². The molecule has 0 spiro atoms. The average Bonchev–Trinajstić information content (AvgIpc) is 2.82. The molecule has 19 heavy (non-hydrogen) atoms. The number of hydrogen-bond donors (Lipinski definition) is 1. The maximum atomic E-state index is 11.9. The molecule has 0 aliphatic heterocycles. The number of aryl methyl sites for hydroxylation is 1. The topological polar surface area (TPSA) is 82.5 Å². The van der Waals surface area contributed by atoms with Gasteiger partial charge in [-0.05, 0) is 13.0 Å². The van der Waals surface area contributed by atoms with Gasteiger partial charge in [0.25, 0.3) is 5.91 Å². The van der Waals surface area contributed by atoms with Crippen LogP contribution in [-0.2, 0) is 9.53 Å². The standard InChI is InChI=1S/C14H13NO4/c1-9-11(7-8-18-9)14(17)19-12(13(15)16)10-5-3-2-4-6-10/h2-8,12H,1H3,(H2,15,16). The first kappa shape index (κ1) is 12.9. The zero-order chi connectivity index (χ0) is 13.8. The summed E-state index contributed by atoms with van der Waals surface area (Å²) >= 11 is 0. The lowest BCUT2D eigenvalue weighted by atomic mass is 10.1. The summed E-state index contributed by atoms with van der Waals surface area (Å²) in [6.45, 7) is 1.64. The van der Waals surface area contributed by atoms with Gasteiger partial charge in [-0.2, -0.15) is 0 Å². The van der Waals surface area contributed by atoms with Crippen LogP contribution < -0.4 is 5.73 Å². The molecule has 2 rings (SSSR count). The van der Waals surface area contributed by atoms with Crippen LogP contribution in [0.25, 0.3) is 0 Å². The molecule has 1 amide bonds. The number of hydrogen-bond acceptors (Lipinski definition) is 4. The van der Waals surface area contributed by atoms with E-state index in [2.05, 4.69) is 0 Å². The van der Waals surface area contributed by atoms with E-state index < -0.39 is 18.0 Å². The molecule has 2 N–H and O–H groups in total. The Balaban J connectivity index is 2.21. The van der Waals surface area contributed by atoms with Crippen LogP contribution in [0.4, 0.5) is 0 Å². The summed E-state index contributed by atoms with van der Waals surface area (Å²) in [6, 6.07) is 10.1. The minimum absolute atomic E-state index is 0.280. The Labute approximate surface area is 110 Å². The van der Waals surface area contributed by atoms with Crippen molar-refractivity contribution in [2.45, 2.75) is 13.0 Å². The van der Waals surface area contributed by atoms with Gasteiger partial charge < -0.3 is 14.9 Å². The Bertz CT molecular complexity index is 589. The Hall–Kier alpha value is -2.56. The summed E-state index contributed by atoms with van der Waals surface area (Å²) in [5.41, 5.74) is 6.08. The number of esters is 1. The summed E-state index contributed by atoms with van der Waals surface area (Å²) in [7, 11) is 0. The summed E-state index contributed by atoms with van der Waals surface area (Å²) < 4.78 is 10.2. The van der Waals surface area contributed by atoms with Crippen molar-refractivity contribution in [2.24, 2.45) is 5.73 Å². The number of amides is 1. The van der Waals surface area contributed by atoms with Gasteiger partial charge in [-0.3, -0.25) is 4.79 Å². The number of primary amides is 1. The Morgan fingerprint density at radius 2 is 1.89 bits per heavy atom. The Kier molecular flexibility index (Phi) is 3.66. The quantitative estimate of drug-likeness (QED) is 0.851. The third-order valence-corrected chi connectivity index (χ3v) is 2.66. The first-order valence-corrected chi connectivity index (χ1v) is 5.69. The summed E-state index contributed by atoms with van der Waals surface area (Å²) in [5, 5.41) is 0. The number of carbonyl (C=O) groups is 2. The van der Waals surface area contributed by atoms with Gasteiger partial charge >= 0.3 is 5.97 Å². The molecular weight excluding hydrogens is 246 g/mol. The van der Waals surface area contributed by atoms with E-state index in [4.69, 9.17) is 14.9 Å². The van der Waals surface area contributed by atoms with E-state index in [0.717, 1.165) is 0 Å². The molecular formula is C14H13NO4. The lowest BCUT2D eigenvalue weighted by Gasteiger charge is -2.14. The van der Waals surface area contributed by atoms with E-state index in [1.54, 1.807) is 37.3 Å². The summed E-state index contributed by atoms with van der Waals surface area (Å²) in [4.78, 5) is 23.3. The number of benzene rings is 1. The van der Waals surface area contributed by atoms with Gasteiger partial charge in [0.2, 0.25) is 6.10 Å². The van der Waals surface area contributed by atoms with Gasteiger partial charge in [0.1, 0.15) is 11.3 Å². The van der Waals surface area contributed by atoms with Crippen molar-refractivity contribution in [3.8, 4) is 0 Å². The fourth-order valence-corrected chi connectivity index (χ4v) is 1.69. The highest BCUT2D eigenvalue weighted by atomic mass is 16.5. The third kappa shape index (κ3) is 2.82. The zero-order valence-electron chi connectivity index (χ0n) is 10.3. The second-order valence-corrected chi connectivity index (χ2v) is 3.99. The SMILES string of the molecule is Cc1occc1C(=O)OC(C(N)=O)c1ccccc1. The smallest absolute Gasteiger partial charge is 0.342 e. The molecule has 98 valence electrons. The maximum Gasteiger partial charge on any atom is 0.342 e. The lowest BCUT2D eigenvalue weighted by molar-refractivity contribution is -0.127. The van der Waals surface area contributed by atoms with Crippen molar-refractivity contribution >= 4 is 11.9 Å². The number of ether oxygens (including phenoxy) is 1.